The molecule has 35 heavy (non-hydrogen) atoms. The van der Waals surface area contributed by atoms with E-state index in [2.05, 4.69) is 13.8 Å². The fourth-order valence-corrected chi connectivity index (χ4v) is 4.44. The van der Waals surface area contributed by atoms with Crippen molar-refractivity contribution in [1.29, 1.82) is 0 Å². The molecule has 2 aliphatic heterocycles. The lowest BCUT2D eigenvalue weighted by Gasteiger charge is -2.26. The Labute approximate surface area is 203 Å². The average Bonchev–Trinajstić information content (AvgIpc) is 3.45. The summed E-state index contributed by atoms with van der Waals surface area (Å²) >= 11 is 0. The van der Waals surface area contributed by atoms with Crippen molar-refractivity contribution >= 4 is 23.1 Å². The van der Waals surface area contributed by atoms with Crippen LogP contribution >= 0.6 is 0 Å². The predicted octanol–water partition coefficient (Wildman–Crippen LogP) is 5.17. The molecule has 3 aromatic rings. The van der Waals surface area contributed by atoms with Gasteiger partial charge in [0.05, 0.1) is 18.7 Å². The number of hydrogen-bond acceptors (Lipinski definition) is 6. The van der Waals surface area contributed by atoms with E-state index < -0.39 is 17.7 Å². The number of carbonyl (C=O) groups excluding carboxylic acids is 2. The number of ketones is 1. The molecule has 7 heteroatoms. The van der Waals surface area contributed by atoms with Gasteiger partial charge in [0.15, 0.2) is 11.5 Å². The van der Waals surface area contributed by atoms with Crippen LogP contribution in [0, 0.1) is 0 Å². The molecular weight excluding hydrogens is 446 g/mol. The van der Waals surface area contributed by atoms with Gasteiger partial charge in [0.2, 0.25) is 6.79 Å². The van der Waals surface area contributed by atoms with E-state index in [1.165, 1.54) is 12.0 Å². The first kappa shape index (κ1) is 22.5. The van der Waals surface area contributed by atoms with E-state index in [4.69, 9.17) is 14.2 Å². The summed E-state index contributed by atoms with van der Waals surface area (Å²) in [7, 11) is 1.52. The van der Waals surface area contributed by atoms with Crippen LogP contribution in [0.4, 0.5) is 5.69 Å². The molecule has 0 aliphatic carbocycles. The molecule has 1 amide bonds. The van der Waals surface area contributed by atoms with Crippen LogP contribution in [-0.4, -0.2) is 30.7 Å². The number of aliphatic hydroxyl groups is 1. The van der Waals surface area contributed by atoms with Crippen LogP contribution in [0.1, 0.15) is 42.5 Å². The van der Waals surface area contributed by atoms with Gasteiger partial charge in [-0.25, -0.2) is 0 Å². The molecule has 2 aliphatic rings. The SMILES string of the molecule is COc1cccc(/C(O)=C2\C(=O)C(=O)N(c3ccc4c(c3)OCO4)C2c2ccc(C(C)C)cc2)c1. The standard InChI is InChI=1S/C28H25NO6/c1-16(2)17-7-9-18(10-8-17)25-24(26(30)19-5-4-6-21(13-19)33-3)27(31)28(32)29(25)20-11-12-22-23(14-20)35-15-34-22/h4-14,16,25,30H,15H2,1-3H3/b26-24+. The largest absolute Gasteiger partial charge is 0.507 e. The number of nitrogens with zero attached hydrogens (tertiary/aromatic N) is 1. The van der Waals surface area contributed by atoms with Crippen LogP contribution in [0.3, 0.4) is 0 Å². The van der Waals surface area contributed by atoms with Gasteiger partial charge in [-0.3, -0.25) is 14.5 Å². The Morgan fingerprint density at radius 3 is 2.46 bits per heavy atom. The van der Waals surface area contributed by atoms with Gasteiger partial charge in [0, 0.05) is 17.3 Å². The van der Waals surface area contributed by atoms with Crippen molar-refractivity contribution < 1.29 is 28.9 Å². The zero-order valence-corrected chi connectivity index (χ0v) is 19.6. The first-order valence-corrected chi connectivity index (χ1v) is 11.3. The average molecular weight is 472 g/mol. The Bertz CT molecular complexity index is 1340. The molecule has 1 unspecified atom stereocenters. The van der Waals surface area contributed by atoms with Gasteiger partial charge >= 0.3 is 0 Å². The number of ether oxygens (including phenoxy) is 3. The number of benzene rings is 3. The lowest BCUT2D eigenvalue weighted by molar-refractivity contribution is -0.132. The van der Waals surface area contributed by atoms with Gasteiger partial charge < -0.3 is 19.3 Å². The summed E-state index contributed by atoms with van der Waals surface area (Å²) in [5.41, 5.74) is 2.70. The molecular formula is C28H25NO6. The van der Waals surface area contributed by atoms with Gasteiger partial charge in [-0.2, -0.15) is 0 Å². The molecule has 0 radical (unpaired) electrons. The number of hydrogen-bond donors (Lipinski definition) is 1. The number of Topliss-reactive ketones (excluding diaryl/α,β-unsaturated/α-hetero) is 1. The second-order valence-corrected chi connectivity index (χ2v) is 8.76. The Balaban J connectivity index is 1.69. The lowest BCUT2D eigenvalue weighted by atomic mass is 9.93. The fraction of sp³-hybridized carbons (Fsp3) is 0.214. The summed E-state index contributed by atoms with van der Waals surface area (Å²) in [4.78, 5) is 28.1. The molecule has 1 fully saturated rings. The maximum Gasteiger partial charge on any atom is 0.300 e. The minimum Gasteiger partial charge on any atom is -0.507 e. The molecule has 1 saturated heterocycles. The summed E-state index contributed by atoms with van der Waals surface area (Å²) in [6, 6.07) is 18.8. The molecule has 0 saturated carbocycles. The highest BCUT2D eigenvalue weighted by Gasteiger charge is 2.47. The van der Waals surface area contributed by atoms with Crippen LogP contribution in [0.25, 0.3) is 5.76 Å². The number of fused-ring (bicyclic) bond motifs is 1. The molecule has 0 aromatic heterocycles. The molecule has 0 spiro atoms. The summed E-state index contributed by atoms with van der Waals surface area (Å²) < 4.78 is 16.2. The van der Waals surface area contributed by atoms with Gasteiger partial charge in [-0.1, -0.05) is 50.2 Å². The zero-order valence-electron chi connectivity index (χ0n) is 19.6. The van der Waals surface area contributed by atoms with E-state index in [-0.39, 0.29) is 18.1 Å². The van der Waals surface area contributed by atoms with Crippen molar-refractivity contribution in [3.63, 3.8) is 0 Å². The van der Waals surface area contributed by atoms with Crippen LogP contribution in [0.2, 0.25) is 0 Å². The number of carbonyl (C=O) groups is 2. The van der Waals surface area contributed by atoms with E-state index in [1.54, 1.807) is 42.5 Å². The second-order valence-electron chi connectivity index (χ2n) is 8.76. The van der Waals surface area contributed by atoms with Gasteiger partial charge in [-0.05, 0) is 41.3 Å². The third kappa shape index (κ3) is 3.89. The smallest absolute Gasteiger partial charge is 0.300 e. The number of methoxy groups -OCH3 is 1. The number of aliphatic hydroxyl groups excluding tert-OH is 1. The molecule has 1 N–H and O–H groups in total. The quantitative estimate of drug-likeness (QED) is 0.314. The Kier molecular flexibility index (Phi) is 5.68. The van der Waals surface area contributed by atoms with Gasteiger partial charge in [0.1, 0.15) is 11.5 Å². The molecule has 0 bridgehead atoms. The summed E-state index contributed by atoms with van der Waals surface area (Å²) in [5.74, 6) is 0.152. The third-order valence-electron chi connectivity index (χ3n) is 6.34. The van der Waals surface area contributed by atoms with E-state index in [1.807, 2.05) is 24.3 Å². The highest BCUT2D eigenvalue weighted by molar-refractivity contribution is 6.51. The number of anilines is 1. The molecule has 178 valence electrons. The van der Waals surface area contributed by atoms with Crippen molar-refractivity contribution in [2.75, 3.05) is 18.8 Å². The molecule has 5 rings (SSSR count). The summed E-state index contributed by atoms with van der Waals surface area (Å²) in [6.07, 6.45) is 0. The fourth-order valence-electron chi connectivity index (χ4n) is 4.44. The van der Waals surface area contributed by atoms with Gasteiger partial charge in [0.25, 0.3) is 11.7 Å². The van der Waals surface area contributed by atoms with Crippen LogP contribution < -0.4 is 19.1 Å². The van der Waals surface area contributed by atoms with E-state index in [0.717, 1.165) is 5.56 Å². The monoisotopic (exact) mass is 471 g/mol. The van der Waals surface area contributed by atoms with Crippen molar-refractivity contribution in [1.82, 2.24) is 0 Å². The van der Waals surface area contributed by atoms with Crippen LogP contribution in [0.15, 0.2) is 72.3 Å². The normalized spacial score (nSPS) is 18.4. The van der Waals surface area contributed by atoms with Gasteiger partial charge in [-0.15, -0.1) is 0 Å². The highest BCUT2D eigenvalue weighted by Crippen LogP contribution is 2.45. The van der Waals surface area contributed by atoms with E-state index >= 15 is 0 Å². The summed E-state index contributed by atoms with van der Waals surface area (Å²) in [5, 5.41) is 11.3. The highest BCUT2D eigenvalue weighted by atomic mass is 16.7. The first-order valence-electron chi connectivity index (χ1n) is 11.3. The molecule has 3 aromatic carbocycles. The first-order chi connectivity index (χ1) is 16.9. The van der Waals surface area contributed by atoms with Crippen molar-refractivity contribution in [3.05, 3.63) is 89.0 Å². The molecule has 1 atom stereocenters. The Morgan fingerprint density at radius 2 is 1.74 bits per heavy atom. The maximum atomic E-state index is 13.4. The summed E-state index contributed by atoms with van der Waals surface area (Å²) in [6.45, 7) is 4.28. The van der Waals surface area contributed by atoms with Crippen molar-refractivity contribution in [2.45, 2.75) is 25.8 Å². The minimum atomic E-state index is -0.831. The minimum absolute atomic E-state index is 0.0122. The Hall–Kier alpha value is -4.26. The van der Waals surface area contributed by atoms with E-state index in [9.17, 15) is 14.7 Å². The zero-order chi connectivity index (χ0) is 24.7. The lowest BCUT2D eigenvalue weighted by Crippen LogP contribution is -2.29. The third-order valence-corrected chi connectivity index (χ3v) is 6.34. The number of amides is 1. The maximum absolute atomic E-state index is 13.4. The topological polar surface area (TPSA) is 85.3 Å². The number of rotatable bonds is 5. The molecule has 2 heterocycles. The van der Waals surface area contributed by atoms with Crippen molar-refractivity contribution in [3.8, 4) is 17.2 Å². The van der Waals surface area contributed by atoms with Crippen molar-refractivity contribution in [2.24, 2.45) is 0 Å². The second kappa shape index (κ2) is 8.83. The molecule has 7 nitrogen and oxygen atoms in total. The Morgan fingerprint density at radius 1 is 1.00 bits per heavy atom. The van der Waals surface area contributed by atoms with Crippen LogP contribution in [-0.2, 0) is 9.59 Å². The van der Waals surface area contributed by atoms with Crippen LogP contribution in [0.5, 0.6) is 17.2 Å². The van der Waals surface area contributed by atoms with E-state index in [0.29, 0.717) is 40.0 Å². The predicted molar refractivity (Wildman–Crippen MR) is 131 cm³/mol.